The Bertz CT molecular complexity index is 791. The van der Waals surface area contributed by atoms with Crippen molar-refractivity contribution in [3.8, 4) is 0 Å². The highest BCUT2D eigenvalue weighted by Gasteiger charge is 2.35. The molecule has 1 aromatic heterocycles. The minimum Gasteiger partial charge on any atom is -0.317 e. The highest BCUT2D eigenvalue weighted by molar-refractivity contribution is 7.89. The average molecular weight is 333 g/mol. The van der Waals surface area contributed by atoms with E-state index in [1.807, 2.05) is 19.9 Å². The van der Waals surface area contributed by atoms with Gasteiger partial charge in [-0.15, -0.1) is 0 Å². The van der Waals surface area contributed by atoms with Crippen LogP contribution in [0.2, 0.25) is 0 Å². The van der Waals surface area contributed by atoms with Crippen molar-refractivity contribution in [2.75, 3.05) is 13.1 Å². The zero-order valence-corrected chi connectivity index (χ0v) is 14.4. The van der Waals surface area contributed by atoms with Gasteiger partial charge in [0, 0.05) is 28.7 Å². The number of fused-ring (bicyclic) bond motifs is 1. The molecule has 1 fully saturated rings. The minimum absolute atomic E-state index is 0.319. The van der Waals surface area contributed by atoms with Crippen LogP contribution in [0.4, 0.5) is 0 Å². The van der Waals surface area contributed by atoms with Crippen LogP contribution < -0.4 is 10.0 Å². The second-order valence-electron chi connectivity index (χ2n) is 6.70. The molecule has 0 aliphatic carbocycles. The van der Waals surface area contributed by atoms with E-state index < -0.39 is 15.6 Å². The van der Waals surface area contributed by atoms with Crippen LogP contribution in [-0.2, 0) is 10.0 Å². The van der Waals surface area contributed by atoms with Crippen molar-refractivity contribution in [3.05, 3.63) is 36.7 Å². The second-order valence-corrected chi connectivity index (χ2v) is 8.36. The highest BCUT2D eigenvalue weighted by atomic mass is 32.2. The predicted octanol–water partition coefficient (Wildman–Crippen LogP) is 2.29. The maximum absolute atomic E-state index is 13.0. The number of hydrogen-bond acceptors (Lipinski definition) is 4. The molecule has 124 valence electrons. The predicted molar refractivity (Wildman–Crippen MR) is 91.7 cm³/mol. The Balaban J connectivity index is 1.94. The normalized spacial score (nSPS) is 17.5. The molecule has 0 bridgehead atoms. The molecule has 3 rings (SSSR count). The van der Waals surface area contributed by atoms with E-state index in [2.05, 4.69) is 15.0 Å². The van der Waals surface area contributed by atoms with Crippen molar-refractivity contribution in [2.24, 2.45) is 5.92 Å². The molecular formula is C17H23N3O2S. The lowest BCUT2D eigenvalue weighted by atomic mass is 9.82. The number of pyridine rings is 1. The summed E-state index contributed by atoms with van der Waals surface area (Å²) in [5.74, 6) is 0.329. The van der Waals surface area contributed by atoms with Crippen LogP contribution in [0.3, 0.4) is 0 Å². The third-order valence-electron chi connectivity index (χ3n) is 4.69. The van der Waals surface area contributed by atoms with Crippen molar-refractivity contribution in [1.29, 1.82) is 0 Å². The van der Waals surface area contributed by atoms with Crippen LogP contribution in [0.5, 0.6) is 0 Å². The van der Waals surface area contributed by atoms with Gasteiger partial charge in [0.1, 0.15) is 0 Å². The number of aromatic nitrogens is 1. The van der Waals surface area contributed by atoms with Gasteiger partial charge in [0.25, 0.3) is 0 Å². The van der Waals surface area contributed by atoms with E-state index in [-0.39, 0.29) is 0 Å². The third kappa shape index (κ3) is 3.39. The Labute approximate surface area is 137 Å². The van der Waals surface area contributed by atoms with Gasteiger partial charge in [-0.25, -0.2) is 13.1 Å². The molecule has 0 radical (unpaired) electrons. The van der Waals surface area contributed by atoms with Gasteiger partial charge < -0.3 is 5.32 Å². The van der Waals surface area contributed by atoms with Gasteiger partial charge in [-0.2, -0.15) is 0 Å². The lowest BCUT2D eigenvalue weighted by molar-refractivity contribution is 0.231. The number of nitrogens with zero attached hydrogens (tertiary/aromatic N) is 1. The number of hydrogen-bond donors (Lipinski definition) is 2. The fraction of sp³-hybridized carbons (Fsp3) is 0.471. The Hall–Kier alpha value is -1.50. The van der Waals surface area contributed by atoms with Gasteiger partial charge in [0.2, 0.25) is 10.0 Å². The zero-order valence-electron chi connectivity index (χ0n) is 13.5. The molecule has 2 N–H and O–H groups in total. The maximum atomic E-state index is 13.0. The van der Waals surface area contributed by atoms with Crippen molar-refractivity contribution >= 4 is 20.8 Å². The molecule has 5 nitrogen and oxygen atoms in total. The Kier molecular flexibility index (Phi) is 4.40. The molecular weight excluding hydrogens is 310 g/mol. The molecule has 1 aliphatic heterocycles. The number of benzene rings is 1. The van der Waals surface area contributed by atoms with Crippen LogP contribution in [0.25, 0.3) is 10.8 Å². The monoisotopic (exact) mass is 333 g/mol. The van der Waals surface area contributed by atoms with E-state index in [1.54, 1.807) is 30.6 Å². The Morgan fingerprint density at radius 2 is 1.96 bits per heavy atom. The van der Waals surface area contributed by atoms with Crippen molar-refractivity contribution in [1.82, 2.24) is 15.0 Å². The Morgan fingerprint density at radius 3 is 2.70 bits per heavy atom. The van der Waals surface area contributed by atoms with E-state index in [0.717, 1.165) is 31.3 Å². The van der Waals surface area contributed by atoms with Gasteiger partial charge in [0.05, 0.1) is 4.90 Å². The van der Waals surface area contributed by atoms with Crippen LogP contribution in [0.15, 0.2) is 41.6 Å². The molecule has 0 saturated carbocycles. The smallest absolute Gasteiger partial charge is 0.241 e. The second kappa shape index (κ2) is 6.19. The van der Waals surface area contributed by atoms with Gasteiger partial charge in [-0.1, -0.05) is 12.1 Å². The molecule has 2 heterocycles. The summed E-state index contributed by atoms with van der Waals surface area (Å²) in [6.07, 6.45) is 5.27. The molecule has 6 heteroatoms. The van der Waals surface area contributed by atoms with Crippen LogP contribution in [0, 0.1) is 5.92 Å². The fourth-order valence-corrected chi connectivity index (χ4v) is 5.06. The van der Waals surface area contributed by atoms with E-state index in [4.69, 9.17) is 0 Å². The summed E-state index contributed by atoms with van der Waals surface area (Å²) in [5, 5.41) is 4.85. The van der Waals surface area contributed by atoms with E-state index in [0.29, 0.717) is 16.2 Å². The van der Waals surface area contributed by atoms with E-state index in [9.17, 15) is 8.42 Å². The average Bonchev–Trinajstić information content (AvgIpc) is 2.54. The van der Waals surface area contributed by atoms with Gasteiger partial charge >= 0.3 is 0 Å². The van der Waals surface area contributed by atoms with E-state index in [1.165, 1.54) is 0 Å². The summed E-state index contributed by atoms with van der Waals surface area (Å²) < 4.78 is 28.8. The minimum atomic E-state index is -3.59. The summed E-state index contributed by atoms with van der Waals surface area (Å²) >= 11 is 0. The quantitative estimate of drug-likeness (QED) is 0.900. The number of sulfonamides is 1. The largest absolute Gasteiger partial charge is 0.317 e. The first-order valence-electron chi connectivity index (χ1n) is 7.97. The summed E-state index contributed by atoms with van der Waals surface area (Å²) in [6, 6.07) is 7.04. The van der Waals surface area contributed by atoms with Crippen molar-refractivity contribution in [3.63, 3.8) is 0 Å². The lowest BCUT2D eigenvalue weighted by Crippen LogP contribution is -2.51. The summed E-state index contributed by atoms with van der Waals surface area (Å²) in [5.41, 5.74) is -0.476. The summed E-state index contributed by atoms with van der Waals surface area (Å²) in [4.78, 5) is 4.38. The van der Waals surface area contributed by atoms with Crippen LogP contribution in [-0.4, -0.2) is 32.0 Å². The molecule has 2 aromatic rings. The van der Waals surface area contributed by atoms with Gasteiger partial charge in [0.15, 0.2) is 0 Å². The maximum Gasteiger partial charge on any atom is 0.241 e. The molecule has 23 heavy (non-hydrogen) atoms. The molecule has 1 aromatic carbocycles. The third-order valence-corrected chi connectivity index (χ3v) is 6.42. The summed E-state index contributed by atoms with van der Waals surface area (Å²) in [7, 11) is -3.59. The number of rotatable bonds is 4. The van der Waals surface area contributed by atoms with Crippen molar-refractivity contribution in [2.45, 2.75) is 37.1 Å². The molecule has 0 atom stereocenters. The lowest BCUT2D eigenvalue weighted by Gasteiger charge is -2.37. The fourth-order valence-electron chi connectivity index (χ4n) is 3.36. The van der Waals surface area contributed by atoms with Crippen molar-refractivity contribution < 1.29 is 8.42 Å². The first-order chi connectivity index (χ1) is 10.9. The van der Waals surface area contributed by atoms with Crippen LogP contribution >= 0.6 is 0 Å². The Morgan fingerprint density at radius 1 is 1.22 bits per heavy atom. The molecule has 1 saturated heterocycles. The molecule has 0 unspecified atom stereocenters. The first-order valence-corrected chi connectivity index (χ1v) is 9.46. The number of piperidine rings is 1. The highest BCUT2D eigenvalue weighted by Crippen LogP contribution is 2.29. The van der Waals surface area contributed by atoms with E-state index >= 15 is 0 Å². The zero-order chi connectivity index (χ0) is 16.5. The van der Waals surface area contributed by atoms with Crippen LogP contribution in [0.1, 0.15) is 26.7 Å². The first kappa shape index (κ1) is 16.4. The topological polar surface area (TPSA) is 71.1 Å². The molecule has 0 amide bonds. The standard InChI is InChI=1S/C17H23N3O2S/c1-17(2,14-6-9-18-10-7-14)20-23(21,22)16-5-3-4-13-12-19-11-8-15(13)16/h3-5,8,11-12,14,18,20H,6-7,9-10H2,1-2H3. The SMILES string of the molecule is CC(C)(NS(=O)(=O)c1cccc2cnccc12)C1CCNCC1. The molecule has 1 aliphatic rings. The number of nitrogens with one attached hydrogen (secondary N) is 2. The van der Waals surface area contributed by atoms with Gasteiger partial charge in [-0.3, -0.25) is 4.98 Å². The molecule has 0 spiro atoms. The van der Waals surface area contributed by atoms with Gasteiger partial charge in [-0.05, 0) is 57.8 Å². The summed E-state index contributed by atoms with van der Waals surface area (Å²) in [6.45, 7) is 5.84.